The van der Waals surface area contributed by atoms with Crippen molar-refractivity contribution < 1.29 is 14.3 Å². The highest BCUT2D eigenvalue weighted by Crippen LogP contribution is 2.02. The van der Waals surface area contributed by atoms with Gasteiger partial charge in [-0.2, -0.15) is 0 Å². The van der Waals surface area contributed by atoms with Crippen molar-refractivity contribution in [3.63, 3.8) is 0 Å². The molecule has 0 bridgehead atoms. The SMILES string of the molecule is Cn1ccnc1C(=O)CCCOC(N)=O. The van der Waals surface area contributed by atoms with Crippen molar-refractivity contribution in [1.82, 2.24) is 9.55 Å². The number of aromatic nitrogens is 2. The number of nitrogens with zero attached hydrogens (tertiary/aromatic N) is 2. The molecule has 1 rings (SSSR count). The van der Waals surface area contributed by atoms with E-state index in [1.807, 2.05) is 0 Å². The summed E-state index contributed by atoms with van der Waals surface area (Å²) in [5.41, 5.74) is 4.77. The Hall–Kier alpha value is -1.85. The monoisotopic (exact) mass is 211 g/mol. The summed E-state index contributed by atoms with van der Waals surface area (Å²) in [5.74, 6) is 0.338. The van der Waals surface area contributed by atoms with Crippen LogP contribution in [0.1, 0.15) is 23.5 Å². The minimum Gasteiger partial charge on any atom is -0.450 e. The molecule has 82 valence electrons. The van der Waals surface area contributed by atoms with E-state index >= 15 is 0 Å². The highest BCUT2D eigenvalue weighted by Gasteiger charge is 2.10. The average Bonchev–Trinajstić information content (AvgIpc) is 2.58. The van der Waals surface area contributed by atoms with Crippen LogP contribution in [0.3, 0.4) is 0 Å². The number of nitrogens with two attached hydrogens (primary N) is 1. The van der Waals surface area contributed by atoms with Crippen molar-refractivity contribution in [3.8, 4) is 0 Å². The number of rotatable bonds is 5. The maximum absolute atomic E-state index is 11.5. The lowest BCUT2D eigenvalue weighted by Gasteiger charge is -2.01. The zero-order chi connectivity index (χ0) is 11.3. The Morgan fingerprint density at radius 1 is 1.60 bits per heavy atom. The fourth-order valence-corrected chi connectivity index (χ4v) is 1.15. The first kappa shape index (κ1) is 11.2. The van der Waals surface area contributed by atoms with E-state index in [9.17, 15) is 9.59 Å². The van der Waals surface area contributed by atoms with Crippen molar-refractivity contribution in [2.75, 3.05) is 6.61 Å². The highest BCUT2D eigenvalue weighted by molar-refractivity contribution is 5.92. The van der Waals surface area contributed by atoms with E-state index < -0.39 is 6.09 Å². The third-order valence-corrected chi connectivity index (χ3v) is 1.86. The lowest BCUT2D eigenvalue weighted by molar-refractivity contribution is 0.0950. The van der Waals surface area contributed by atoms with E-state index in [0.717, 1.165) is 0 Å². The summed E-state index contributed by atoms with van der Waals surface area (Å²) >= 11 is 0. The van der Waals surface area contributed by atoms with Gasteiger partial charge >= 0.3 is 6.09 Å². The van der Waals surface area contributed by atoms with Gasteiger partial charge in [-0.15, -0.1) is 0 Å². The Morgan fingerprint density at radius 3 is 2.87 bits per heavy atom. The van der Waals surface area contributed by atoms with Crippen molar-refractivity contribution in [3.05, 3.63) is 18.2 Å². The molecule has 0 aliphatic carbocycles. The van der Waals surface area contributed by atoms with Crippen LogP contribution in [0.5, 0.6) is 0 Å². The summed E-state index contributed by atoms with van der Waals surface area (Å²) in [6.07, 6.45) is 3.19. The number of hydrogen-bond donors (Lipinski definition) is 1. The Balaban J connectivity index is 2.31. The normalized spacial score (nSPS) is 9.93. The molecular weight excluding hydrogens is 198 g/mol. The predicted octanol–water partition coefficient (Wildman–Crippen LogP) is 0.478. The summed E-state index contributed by atoms with van der Waals surface area (Å²) in [6.45, 7) is 0.158. The zero-order valence-electron chi connectivity index (χ0n) is 8.47. The minimum atomic E-state index is -0.820. The first-order chi connectivity index (χ1) is 7.11. The fraction of sp³-hybridized carbons (Fsp3) is 0.444. The average molecular weight is 211 g/mol. The molecule has 0 atom stereocenters. The third-order valence-electron chi connectivity index (χ3n) is 1.86. The van der Waals surface area contributed by atoms with Crippen LogP contribution in [0.2, 0.25) is 0 Å². The van der Waals surface area contributed by atoms with Crippen LogP contribution in [0.15, 0.2) is 12.4 Å². The summed E-state index contributed by atoms with van der Waals surface area (Å²) in [7, 11) is 1.75. The number of hydrogen-bond acceptors (Lipinski definition) is 4. The Bertz CT molecular complexity index is 359. The molecule has 0 saturated heterocycles. The summed E-state index contributed by atoms with van der Waals surface area (Å²) in [5, 5.41) is 0. The van der Waals surface area contributed by atoms with Gasteiger partial charge in [-0.1, -0.05) is 0 Å². The smallest absolute Gasteiger partial charge is 0.404 e. The van der Waals surface area contributed by atoms with Crippen molar-refractivity contribution in [2.24, 2.45) is 12.8 Å². The molecule has 6 heteroatoms. The molecule has 1 aromatic rings. The van der Waals surface area contributed by atoms with Gasteiger partial charge in [0.2, 0.25) is 0 Å². The molecule has 0 aliphatic rings. The number of primary amides is 1. The summed E-state index contributed by atoms with van der Waals surface area (Å²) in [6, 6.07) is 0. The van der Waals surface area contributed by atoms with E-state index in [4.69, 9.17) is 5.73 Å². The first-order valence-electron chi connectivity index (χ1n) is 4.54. The third kappa shape index (κ3) is 3.41. The van der Waals surface area contributed by atoms with Crippen LogP contribution < -0.4 is 5.73 Å². The second-order valence-electron chi connectivity index (χ2n) is 3.06. The first-order valence-corrected chi connectivity index (χ1v) is 4.54. The Labute approximate surface area is 87.0 Å². The van der Waals surface area contributed by atoms with Gasteiger partial charge in [-0.25, -0.2) is 9.78 Å². The summed E-state index contributed by atoms with van der Waals surface area (Å²) < 4.78 is 6.15. The highest BCUT2D eigenvalue weighted by atomic mass is 16.5. The lowest BCUT2D eigenvalue weighted by Crippen LogP contribution is -2.15. The quantitative estimate of drug-likeness (QED) is 0.566. The molecule has 1 aromatic heterocycles. The second kappa shape index (κ2) is 5.14. The standard InChI is InChI=1S/C9H13N3O3/c1-12-5-4-11-8(12)7(13)3-2-6-15-9(10)14/h4-5H,2-3,6H2,1H3,(H2,10,14). The number of aryl methyl sites for hydroxylation is 1. The maximum Gasteiger partial charge on any atom is 0.404 e. The molecule has 0 spiro atoms. The molecule has 0 aromatic carbocycles. The number of imidazole rings is 1. The molecule has 0 saturated carbocycles. The van der Waals surface area contributed by atoms with Crippen LogP contribution in [0.4, 0.5) is 4.79 Å². The zero-order valence-corrected chi connectivity index (χ0v) is 8.47. The van der Waals surface area contributed by atoms with E-state index in [-0.39, 0.29) is 18.8 Å². The molecule has 0 radical (unpaired) electrons. The number of Topliss-reactive ketones (excluding diaryl/α,β-unsaturated/α-hetero) is 1. The van der Waals surface area contributed by atoms with E-state index in [2.05, 4.69) is 9.72 Å². The molecule has 2 N–H and O–H groups in total. The molecular formula is C9H13N3O3. The van der Waals surface area contributed by atoms with Gasteiger partial charge in [0.1, 0.15) is 0 Å². The number of ketones is 1. The molecule has 1 amide bonds. The van der Waals surface area contributed by atoms with Crippen LogP contribution >= 0.6 is 0 Å². The van der Waals surface area contributed by atoms with Crippen molar-refractivity contribution in [2.45, 2.75) is 12.8 Å². The van der Waals surface area contributed by atoms with Gasteiger partial charge in [0.15, 0.2) is 11.6 Å². The van der Waals surface area contributed by atoms with E-state index in [1.165, 1.54) is 0 Å². The largest absolute Gasteiger partial charge is 0.450 e. The molecule has 0 aliphatic heterocycles. The van der Waals surface area contributed by atoms with Gasteiger partial charge in [0.25, 0.3) is 0 Å². The molecule has 6 nitrogen and oxygen atoms in total. The van der Waals surface area contributed by atoms with Crippen molar-refractivity contribution in [1.29, 1.82) is 0 Å². The lowest BCUT2D eigenvalue weighted by atomic mass is 10.2. The topological polar surface area (TPSA) is 87.2 Å². The molecule has 1 heterocycles. The second-order valence-corrected chi connectivity index (χ2v) is 3.06. The maximum atomic E-state index is 11.5. The van der Waals surface area contributed by atoms with Gasteiger partial charge in [-0.3, -0.25) is 4.79 Å². The minimum absolute atomic E-state index is 0.0735. The fourth-order valence-electron chi connectivity index (χ4n) is 1.15. The van der Waals surface area contributed by atoms with E-state index in [1.54, 1.807) is 24.0 Å². The van der Waals surface area contributed by atoms with Gasteiger partial charge in [-0.05, 0) is 6.42 Å². The van der Waals surface area contributed by atoms with Gasteiger partial charge in [0, 0.05) is 25.9 Å². The summed E-state index contributed by atoms with van der Waals surface area (Å²) in [4.78, 5) is 25.7. The van der Waals surface area contributed by atoms with Crippen LogP contribution in [-0.4, -0.2) is 28.0 Å². The number of amides is 1. The van der Waals surface area contributed by atoms with Gasteiger partial charge in [0.05, 0.1) is 6.61 Å². The Morgan fingerprint density at radius 2 is 2.33 bits per heavy atom. The molecule has 15 heavy (non-hydrogen) atoms. The molecule has 0 fully saturated rings. The molecule has 0 unspecified atom stereocenters. The number of carbonyl (C=O) groups excluding carboxylic acids is 2. The van der Waals surface area contributed by atoms with Crippen LogP contribution in [0, 0.1) is 0 Å². The van der Waals surface area contributed by atoms with Crippen molar-refractivity contribution >= 4 is 11.9 Å². The Kier molecular flexibility index (Phi) is 3.84. The van der Waals surface area contributed by atoms with E-state index in [0.29, 0.717) is 12.2 Å². The van der Waals surface area contributed by atoms with Crippen LogP contribution in [0.25, 0.3) is 0 Å². The van der Waals surface area contributed by atoms with Gasteiger partial charge < -0.3 is 15.0 Å². The van der Waals surface area contributed by atoms with Crippen LogP contribution in [-0.2, 0) is 11.8 Å². The number of ether oxygens (including phenoxy) is 1. The predicted molar refractivity (Wildman–Crippen MR) is 52.3 cm³/mol. The number of carbonyl (C=O) groups is 2.